The van der Waals surface area contributed by atoms with E-state index in [0.29, 0.717) is 11.4 Å². The van der Waals surface area contributed by atoms with Gasteiger partial charge in [-0.2, -0.15) is 0 Å². The SMILES string of the molecule is COc1ccc(NC(=O)CC(C)(C)CC(=O)O)cc1O. The van der Waals surface area contributed by atoms with Crippen LogP contribution in [0.5, 0.6) is 11.5 Å². The molecule has 0 bridgehead atoms. The molecule has 0 radical (unpaired) electrons. The zero-order valence-corrected chi connectivity index (χ0v) is 11.8. The van der Waals surface area contributed by atoms with E-state index in [2.05, 4.69) is 5.32 Å². The molecule has 1 amide bonds. The van der Waals surface area contributed by atoms with Gasteiger partial charge >= 0.3 is 5.97 Å². The summed E-state index contributed by atoms with van der Waals surface area (Å²) in [5.74, 6) is -1.00. The molecule has 0 aliphatic heterocycles. The fraction of sp³-hybridized carbons (Fsp3) is 0.429. The summed E-state index contributed by atoms with van der Waals surface area (Å²) in [7, 11) is 1.43. The molecule has 0 unspecified atom stereocenters. The third kappa shape index (κ3) is 4.79. The summed E-state index contributed by atoms with van der Waals surface area (Å²) in [6, 6.07) is 4.51. The number of hydrogen-bond acceptors (Lipinski definition) is 4. The van der Waals surface area contributed by atoms with Crippen molar-refractivity contribution in [2.24, 2.45) is 5.41 Å². The van der Waals surface area contributed by atoms with Crippen LogP contribution in [0, 0.1) is 5.41 Å². The lowest BCUT2D eigenvalue weighted by molar-refractivity contribution is -0.139. The van der Waals surface area contributed by atoms with Crippen LogP contribution in [0.25, 0.3) is 0 Å². The first-order valence-corrected chi connectivity index (χ1v) is 6.12. The average molecular weight is 281 g/mol. The van der Waals surface area contributed by atoms with Crippen molar-refractivity contribution in [3.05, 3.63) is 18.2 Å². The predicted molar refractivity (Wildman–Crippen MR) is 73.9 cm³/mol. The number of aromatic hydroxyl groups is 1. The van der Waals surface area contributed by atoms with Gasteiger partial charge in [0.25, 0.3) is 0 Å². The molecule has 1 rings (SSSR count). The van der Waals surface area contributed by atoms with E-state index in [9.17, 15) is 14.7 Å². The molecule has 0 aliphatic rings. The number of aliphatic carboxylic acids is 1. The minimum absolute atomic E-state index is 0.0740. The highest BCUT2D eigenvalue weighted by Crippen LogP contribution is 2.30. The molecule has 6 heteroatoms. The summed E-state index contributed by atoms with van der Waals surface area (Å²) in [4.78, 5) is 22.5. The molecule has 0 spiro atoms. The maximum Gasteiger partial charge on any atom is 0.303 e. The Hall–Kier alpha value is -2.24. The van der Waals surface area contributed by atoms with Gasteiger partial charge in [-0.25, -0.2) is 0 Å². The number of benzene rings is 1. The maximum atomic E-state index is 11.9. The number of phenolic OH excluding ortho intramolecular Hbond substituents is 1. The molecule has 0 heterocycles. The number of carboxylic acids is 1. The van der Waals surface area contributed by atoms with Crippen LogP contribution in [0.2, 0.25) is 0 Å². The molecule has 0 saturated carbocycles. The van der Waals surface area contributed by atoms with Crippen molar-refractivity contribution in [3.63, 3.8) is 0 Å². The molecular formula is C14H19NO5. The smallest absolute Gasteiger partial charge is 0.303 e. The van der Waals surface area contributed by atoms with Gasteiger partial charge in [0.1, 0.15) is 0 Å². The minimum Gasteiger partial charge on any atom is -0.504 e. The molecule has 0 aromatic heterocycles. The Morgan fingerprint density at radius 3 is 2.45 bits per heavy atom. The number of carbonyl (C=O) groups excluding carboxylic acids is 1. The normalized spacial score (nSPS) is 10.9. The maximum absolute atomic E-state index is 11.9. The molecule has 0 saturated heterocycles. The van der Waals surface area contributed by atoms with E-state index in [1.54, 1.807) is 19.9 Å². The molecule has 20 heavy (non-hydrogen) atoms. The molecule has 1 aromatic rings. The number of rotatable bonds is 6. The molecule has 0 fully saturated rings. The highest BCUT2D eigenvalue weighted by atomic mass is 16.5. The van der Waals surface area contributed by atoms with Crippen LogP contribution in [0.1, 0.15) is 26.7 Å². The summed E-state index contributed by atoms with van der Waals surface area (Å²) in [6.45, 7) is 3.43. The zero-order chi connectivity index (χ0) is 15.3. The lowest BCUT2D eigenvalue weighted by Crippen LogP contribution is -2.24. The fourth-order valence-corrected chi connectivity index (χ4v) is 1.88. The number of methoxy groups -OCH3 is 1. The van der Waals surface area contributed by atoms with E-state index in [-0.39, 0.29) is 24.5 Å². The summed E-state index contributed by atoms with van der Waals surface area (Å²) >= 11 is 0. The number of carboxylic acid groups (broad SMARTS) is 1. The van der Waals surface area contributed by atoms with Crippen molar-refractivity contribution < 1.29 is 24.5 Å². The highest BCUT2D eigenvalue weighted by Gasteiger charge is 2.25. The Labute approximate surface area is 117 Å². The first-order chi connectivity index (χ1) is 9.23. The van der Waals surface area contributed by atoms with Crippen molar-refractivity contribution in [2.45, 2.75) is 26.7 Å². The summed E-state index contributed by atoms with van der Waals surface area (Å²) in [5.41, 5.74) is -0.204. The highest BCUT2D eigenvalue weighted by molar-refractivity contribution is 5.91. The van der Waals surface area contributed by atoms with Crippen LogP contribution in [-0.2, 0) is 9.59 Å². The predicted octanol–water partition coefficient (Wildman–Crippen LogP) is 2.23. The van der Waals surface area contributed by atoms with Crippen molar-refractivity contribution in [1.82, 2.24) is 0 Å². The summed E-state index contributed by atoms with van der Waals surface area (Å²) in [5, 5.41) is 21.0. The van der Waals surface area contributed by atoms with Crippen molar-refractivity contribution in [2.75, 3.05) is 12.4 Å². The van der Waals surface area contributed by atoms with E-state index in [1.165, 1.54) is 19.2 Å². The minimum atomic E-state index is -0.940. The zero-order valence-electron chi connectivity index (χ0n) is 11.8. The standard InChI is InChI=1S/C14H19NO5/c1-14(2,8-13(18)19)7-12(17)15-9-4-5-11(20-3)10(16)6-9/h4-6,16H,7-8H2,1-3H3,(H,15,17)(H,18,19). The Morgan fingerprint density at radius 1 is 1.30 bits per heavy atom. The topological polar surface area (TPSA) is 95.9 Å². The number of phenols is 1. The van der Waals surface area contributed by atoms with Gasteiger partial charge < -0.3 is 20.3 Å². The van der Waals surface area contributed by atoms with Gasteiger partial charge in [-0.3, -0.25) is 9.59 Å². The monoisotopic (exact) mass is 281 g/mol. The van der Waals surface area contributed by atoms with Crippen molar-refractivity contribution in [1.29, 1.82) is 0 Å². The number of ether oxygens (including phenoxy) is 1. The molecule has 110 valence electrons. The number of hydrogen-bond donors (Lipinski definition) is 3. The molecule has 0 aliphatic carbocycles. The first-order valence-electron chi connectivity index (χ1n) is 6.12. The first kappa shape index (κ1) is 15.8. The van der Waals surface area contributed by atoms with Gasteiger partial charge in [0, 0.05) is 18.2 Å². The fourth-order valence-electron chi connectivity index (χ4n) is 1.88. The Bertz CT molecular complexity index is 510. The quantitative estimate of drug-likeness (QED) is 0.743. The second-order valence-corrected chi connectivity index (χ2v) is 5.35. The molecule has 0 atom stereocenters. The lowest BCUT2D eigenvalue weighted by Gasteiger charge is -2.21. The number of amides is 1. The average Bonchev–Trinajstić information content (AvgIpc) is 2.25. The van der Waals surface area contributed by atoms with Crippen molar-refractivity contribution >= 4 is 17.6 Å². The Morgan fingerprint density at radius 2 is 1.95 bits per heavy atom. The molecule has 1 aromatic carbocycles. The molecular weight excluding hydrogens is 262 g/mol. The van der Waals surface area contributed by atoms with Crippen LogP contribution in [0.4, 0.5) is 5.69 Å². The van der Waals surface area contributed by atoms with Crippen LogP contribution >= 0.6 is 0 Å². The molecule has 6 nitrogen and oxygen atoms in total. The third-order valence-electron chi connectivity index (χ3n) is 2.73. The van der Waals surface area contributed by atoms with E-state index in [4.69, 9.17) is 9.84 Å². The van der Waals surface area contributed by atoms with Crippen LogP contribution < -0.4 is 10.1 Å². The third-order valence-corrected chi connectivity index (χ3v) is 2.73. The van der Waals surface area contributed by atoms with E-state index >= 15 is 0 Å². The van der Waals surface area contributed by atoms with Crippen LogP contribution in [-0.4, -0.2) is 29.2 Å². The van der Waals surface area contributed by atoms with Crippen LogP contribution in [0.15, 0.2) is 18.2 Å². The summed E-state index contributed by atoms with van der Waals surface area (Å²) < 4.78 is 4.90. The number of anilines is 1. The largest absolute Gasteiger partial charge is 0.504 e. The Balaban J connectivity index is 2.67. The van der Waals surface area contributed by atoms with Gasteiger partial charge in [-0.1, -0.05) is 13.8 Å². The summed E-state index contributed by atoms with van der Waals surface area (Å²) in [6.07, 6.45) is -0.0135. The van der Waals surface area contributed by atoms with Gasteiger partial charge in [0.2, 0.25) is 5.91 Å². The number of carbonyl (C=O) groups is 2. The van der Waals surface area contributed by atoms with Gasteiger partial charge in [-0.15, -0.1) is 0 Å². The van der Waals surface area contributed by atoms with Gasteiger partial charge in [0.15, 0.2) is 11.5 Å². The molecule has 3 N–H and O–H groups in total. The second-order valence-electron chi connectivity index (χ2n) is 5.35. The second kappa shape index (κ2) is 6.27. The number of nitrogens with one attached hydrogen (secondary N) is 1. The van der Waals surface area contributed by atoms with Gasteiger partial charge in [0.05, 0.1) is 13.5 Å². The van der Waals surface area contributed by atoms with E-state index < -0.39 is 11.4 Å². The van der Waals surface area contributed by atoms with Gasteiger partial charge in [-0.05, 0) is 17.5 Å². The van der Waals surface area contributed by atoms with E-state index in [1.807, 2.05) is 0 Å². The Kier molecular flexibility index (Phi) is 4.96. The van der Waals surface area contributed by atoms with E-state index in [0.717, 1.165) is 0 Å². The lowest BCUT2D eigenvalue weighted by atomic mass is 9.85. The van der Waals surface area contributed by atoms with Crippen molar-refractivity contribution in [3.8, 4) is 11.5 Å². The van der Waals surface area contributed by atoms with Crippen LogP contribution in [0.3, 0.4) is 0 Å².